The van der Waals surface area contributed by atoms with Gasteiger partial charge in [0.1, 0.15) is 0 Å². The molecule has 0 bridgehead atoms. The van der Waals surface area contributed by atoms with Crippen LogP contribution in [0.4, 0.5) is 0 Å². The molecule has 1 N–H and O–H groups in total. The summed E-state index contributed by atoms with van der Waals surface area (Å²) in [5, 5.41) is 3.28. The van der Waals surface area contributed by atoms with Crippen LogP contribution in [0, 0.1) is 0 Å². The molecule has 0 spiro atoms. The van der Waals surface area contributed by atoms with Gasteiger partial charge in [0.2, 0.25) is 0 Å². The number of ether oxygens (including phenoxy) is 1. The number of Topliss-reactive ketones (excluding diaryl/α,β-unsaturated/α-hetero) is 1. The van der Waals surface area contributed by atoms with Gasteiger partial charge in [-0.3, -0.25) is 4.79 Å². The Balaban J connectivity index is 2.19. The van der Waals surface area contributed by atoms with Crippen LogP contribution in [0.15, 0.2) is 33.1 Å². The predicted molar refractivity (Wildman–Crippen MR) is 97.9 cm³/mol. The second kappa shape index (κ2) is 6.84. The molecular weight excluding hydrogens is 390 g/mol. The Bertz CT molecular complexity index is 775. The number of esters is 1. The minimum absolute atomic E-state index is 0.130. The average molecular weight is 410 g/mol. The molecule has 0 amide bonds. The highest BCUT2D eigenvalue weighted by molar-refractivity contribution is 9.10. The van der Waals surface area contributed by atoms with Crippen LogP contribution in [-0.4, -0.2) is 18.9 Å². The molecule has 4 nitrogen and oxygen atoms in total. The van der Waals surface area contributed by atoms with Gasteiger partial charge in [0.25, 0.3) is 0 Å². The molecule has 3 rings (SSSR count). The normalized spacial score (nSPS) is 20.8. The minimum Gasteiger partial charge on any atom is -0.466 e. The first kappa shape index (κ1) is 17.4. The highest BCUT2D eigenvalue weighted by atomic mass is 79.9. The maximum absolute atomic E-state index is 12.7. The number of allylic oxidation sites excluding steroid dienone is 3. The third kappa shape index (κ3) is 2.86. The molecule has 24 heavy (non-hydrogen) atoms. The Morgan fingerprint density at radius 2 is 2.21 bits per heavy atom. The van der Waals surface area contributed by atoms with Crippen molar-refractivity contribution in [3.05, 3.63) is 42.8 Å². The van der Waals surface area contributed by atoms with Gasteiger partial charge < -0.3 is 10.1 Å². The molecule has 1 aliphatic carbocycles. The SMILES string of the molecule is CCc1sc([C@H]2C(C(=O)OC)=C(C)NC3=C2C(=O)CCC3)cc1Br. The summed E-state index contributed by atoms with van der Waals surface area (Å²) in [4.78, 5) is 27.3. The van der Waals surface area contributed by atoms with Crippen LogP contribution in [0.1, 0.15) is 48.8 Å². The van der Waals surface area contributed by atoms with Crippen LogP contribution in [0.2, 0.25) is 0 Å². The van der Waals surface area contributed by atoms with Crippen molar-refractivity contribution in [3.8, 4) is 0 Å². The van der Waals surface area contributed by atoms with Gasteiger partial charge in [-0.15, -0.1) is 11.3 Å². The molecule has 2 heterocycles. The molecule has 0 radical (unpaired) electrons. The standard InChI is InChI=1S/C18H20BrNO3S/c1-4-13-10(19)8-14(24-13)17-15(18(22)23-3)9(2)20-11-6-5-7-12(21)16(11)17/h8,17,20H,4-7H2,1-3H3/t17-/m0/s1. The average Bonchev–Trinajstić information content (AvgIpc) is 2.93. The number of ketones is 1. The molecule has 0 saturated carbocycles. The van der Waals surface area contributed by atoms with Crippen molar-refractivity contribution < 1.29 is 14.3 Å². The van der Waals surface area contributed by atoms with E-state index < -0.39 is 0 Å². The summed E-state index contributed by atoms with van der Waals surface area (Å²) < 4.78 is 6.05. The van der Waals surface area contributed by atoms with E-state index in [1.807, 2.05) is 13.0 Å². The van der Waals surface area contributed by atoms with Crippen LogP contribution in [0.5, 0.6) is 0 Å². The van der Waals surface area contributed by atoms with E-state index in [0.29, 0.717) is 12.0 Å². The van der Waals surface area contributed by atoms with Crippen LogP contribution < -0.4 is 5.32 Å². The highest BCUT2D eigenvalue weighted by Gasteiger charge is 2.39. The first-order valence-corrected chi connectivity index (χ1v) is 9.69. The van der Waals surface area contributed by atoms with Crippen molar-refractivity contribution in [3.63, 3.8) is 0 Å². The lowest BCUT2D eigenvalue weighted by molar-refractivity contribution is -0.136. The van der Waals surface area contributed by atoms with Gasteiger partial charge in [0.15, 0.2) is 5.78 Å². The number of hydrogen-bond donors (Lipinski definition) is 1. The second-order valence-corrected chi connectivity index (χ2v) is 8.05. The number of dihydropyridines is 1. The lowest BCUT2D eigenvalue weighted by Crippen LogP contribution is -2.33. The van der Waals surface area contributed by atoms with Crippen LogP contribution in [0.3, 0.4) is 0 Å². The number of thiophene rings is 1. The zero-order chi connectivity index (χ0) is 17.4. The van der Waals surface area contributed by atoms with Crippen LogP contribution >= 0.6 is 27.3 Å². The second-order valence-electron chi connectivity index (χ2n) is 6.03. The topological polar surface area (TPSA) is 55.4 Å². The molecule has 1 aromatic rings. The first-order chi connectivity index (χ1) is 11.5. The smallest absolute Gasteiger partial charge is 0.336 e. The van der Waals surface area contributed by atoms with Crippen molar-refractivity contribution in [2.45, 2.75) is 45.4 Å². The number of halogens is 1. The van der Waals surface area contributed by atoms with E-state index in [1.54, 1.807) is 11.3 Å². The number of carbonyl (C=O) groups excluding carboxylic acids is 2. The van der Waals surface area contributed by atoms with Gasteiger partial charge in [0.05, 0.1) is 18.6 Å². The van der Waals surface area contributed by atoms with Crippen LogP contribution in [0.25, 0.3) is 0 Å². The lowest BCUT2D eigenvalue weighted by atomic mass is 9.78. The number of aryl methyl sites for hydroxylation is 1. The summed E-state index contributed by atoms with van der Waals surface area (Å²) in [7, 11) is 1.38. The van der Waals surface area contributed by atoms with Crippen molar-refractivity contribution in [1.29, 1.82) is 0 Å². The minimum atomic E-state index is -0.377. The zero-order valence-electron chi connectivity index (χ0n) is 14.0. The number of hydrogen-bond acceptors (Lipinski definition) is 5. The fraction of sp³-hybridized carbons (Fsp3) is 0.444. The van der Waals surface area contributed by atoms with Gasteiger partial charge in [-0.25, -0.2) is 4.79 Å². The summed E-state index contributed by atoms with van der Waals surface area (Å²) in [5.74, 6) is -0.578. The first-order valence-electron chi connectivity index (χ1n) is 8.08. The van der Waals surface area contributed by atoms with Crippen molar-refractivity contribution in [1.82, 2.24) is 5.32 Å². The maximum Gasteiger partial charge on any atom is 0.336 e. The molecule has 1 atom stereocenters. The van der Waals surface area contributed by atoms with Gasteiger partial charge in [-0.05, 0) is 48.2 Å². The largest absolute Gasteiger partial charge is 0.466 e. The molecule has 6 heteroatoms. The van der Waals surface area contributed by atoms with Gasteiger partial charge in [0, 0.05) is 37.6 Å². The molecule has 1 aliphatic heterocycles. The number of nitrogens with one attached hydrogen (secondary N) is 1. The summed E-state index contributed by atoms with van der Waals surface area (Å²) in [5.41, 5.74) is 3.03. The monoisotopic (exact) mass is 409 g/mol. The van der Waals surface area contributed by atoms with E-state index in [2.05, 4.69) is 28.2 Å². The number of rotatable bonds is 3. The van der Waals surface area contributed by atoms with Gasteiger partial charge in [-0.2, -0.15) is 0 Å². The van der Waals surface area contributed by atoms with E-state index in [4.69, 9.17) is 4.74 Å². The Kier molecular flexibility index (Phi) is 4.97. The Morgan fingerprint density at radius 3 is 2.83 bits per heavy atom. The van der Waals surface area contributed by atoms with Crippen LogP contribution in [-0.2, 0) is 20.7 Å². The van der Waals surface area contributed by atoms with Gasteiger partial charge >= 0.3 is 5.97 Å². The Morgan fingerprint density at radius 1 is 1.46 bits per heavy atom. The van der Waals surface area contributed by atoms with Crippen molar-refractivity contribution in [2.24, 2.45) is 0 Å². The van der Waals surface area contributed by atoms with E-state index in [9.17, 15) is 9.59 Å². The molecule has 0 aromatic carbocycles. The highest BCUT2D eigenvalue weighted by Crippen LogP contribution is 2.46. The van der Waals surface area contributed by atoms with E-state index in [0.717, 1.165) is 45.6 Å². The molecule has 2 aliphatic rings. The maximum atomic E-state index is 12.7. The predicted octanol–water partition coefficient (Wildman–Crippen LogP) is 4.21. The summed E-state index contributed by atoms with van der Waals surface area (Å²) in [6, 6.07) is 2.04. The number of carbonyl (C=O) groups is 2. The summed E-state index contributed by atoms with van der Waals surface area (Å²) >= 11 is 5.25. The van der Waals surface area contributed by atoms with Crippen molar-refractivity contribution >= 4 is 39.0 Å². The van der Waals surface area contributed by atoms with E-state index in [-0.39, 0.29) is 17.7 Å². The van der Waals surface area contributed by atoms with E-state index in [1.165, 1.54) is 12.0 Å². The van der Waals surface area contributed by atoms with Gasteiger partial charge in [-0.1, -0.05) is 6.92 Å². The summed E-state index contributed by atoms with van der Waals surface area (Å²) in [6.45, 7) is 3.98. The summed E-state index contributed by atoms with van der Waals surface area (Å²) in [6.07, 6.45) is 3.15. The molecule has 0 saturated heterocycles. The van der Waals surface area contributed by atoms with Crippen molar-refractivity contribution in [2.75, 3.05) is 7.11 Å². The quantitative estimate of drug-likeness (QED) is 0.759. The molecular formula is C18H20BrNO3S. The third-order valence-electron chi connectivity index (χ3n) is 4.56. The third-order valence-corrected chi connectivity index (χ3v) is 6.88. The fourth-order valence-electron chi connectivity index (χ4n) is 3.46. The molecule has 1 aromatic heterocycles. The molecule has 0 unspecified atom stereocenters. The van der Waals surface area contributed by atoms with E-state index >= 15 is 0 Å². The lowest BCUT2D eigenvalue weighted by Gasteiger charge is -2.33. The number of methoxy groups -OCH3 is 1. The Hall–Kier alpha value is -1.40. The molecule has 128 valence electrons. The zero-order valence-corrected chi connectivity index (χ0v) is 16.4. The Labute approximate surface area is 154 Å². The fourth-order valence-corrected chi connectivity index (χ4v) is 5.49. The molecule has 0 fully saturated rings.